The number of nitrogens with zero attached hydrogens (tertiary/aromatic N) is 6. The molecule has 0 N–H and O–H groups in total. The molecule has 1 aromatic rings. The molecule has 0 aliphatic carbocycles. The Labute approximate surface area is 155 Å². The smallest absolute Gasteiger partial charge is 0.338 e. The number of aromatic nitrogens is 3. The van der Waals surface area contributed by atoms with Crippen LogP contribution in [0.5, 0.6) is 0 Å². The fourth-order valence-corrected chi connectivity index (χ4v) is 3.23. The average molecular weight is 382 g/mol. The number of fused-ring (bicyclic) bond motifs is 1. The summed E-state index contributed by atoms with van der Waals surface area (Å²) in [5.74, 6) is 1.89. The molecule has 2 aliphatic heterocycles. The Balaban J connectivity index is 1.56. The third-order valence-electron chi connectivity index (χ3n) is 5.08. The van der Waals surface area contributed by atoms with E-state index >= 15 is 0 Å². The molecule has 2 aliphatic rings. The van der Waals surface area contributed by atoms with Gasteiger partial charge in [0.1, 0.15) is 5.82 Å². The van der Waals surface area contributed by atoms with Crippen molar-refractivity contribution in [2.24, 2.45) is 16.1 Å². The Morgan fingerprint density at radius 3 is 2.74 bits per heavy atom. The molecule has 0 saturated heterocycles. The molecule has 0 radical (unpaired) electrons. The maximum absolute atomic E-state index is 13.0. The third kappa shape index (κ3) is 4.46. The molecule has 1 unspecified atom stereocenters. The lowest BCUT2D eigenvalue weighted by atomic mass is 9.99. The lowest BCUT2D eigenvalue weighted by Gasteiger charge is -2.27. The van der Waals surface area contributed by atoms with Gasteiger partial charge in [-0.1, -0.05) is 0 Å². The zero-order valence-corrected chi connectivity index (χ0v) is 15.0. The van der Waals surface area contributed by atoms with Crippen LogP contribution in [0.3, 0.4) is 0 Å². The van der Waals surface area contributed by atoms with Gasteiger partial charge in [0, 0.05) is 45.7 Å². The van der Waals surface area contributed by atoms with Crippen molar-refractivity contribution >= 4 is 5.91 Å². The van der Waals surface area contributed by atoms with Crippen LogP contribution in [0.25, 0.3) is 0 Å². The highest BCUT2D eigenvalue weighted by Crippen LogP contribution is 2.38. The highest BCUT2D eigenvalue weighted by Gasteiger charge is 2.42. The van der Waals surface area contributed by atoms with Crippen LogP contribution in [0, 0.1) is 18.3 Å². The molecule has 0 bridgehead atoms. The summed E-state index contributed by atoms with van der Waals surface area (Å²) < 4.78 is 40.6. The lowest BCUT2D eigenvalue weighted by Crippen LogP contribution is -2.34. The first-order valence-corrected chi connectivity index (χ1v) is 8.83. The summed E-state index contributed by atoms with van der Waals surface area (Å²) in [7, 11) is 1.60. The van der Waals surface area contributed by atoms with E-state index in [1.165, 1.54) is 9.47 Å². The molecule has 0 saturated carbocycles. The van der Waals surface area contributed by atoms with E-state index in [0.29, 0.717) is 30.9 Å². The van der Waals surface area contributed by atoms with Crippen molar-refractivity contribution in [3.05, 3.63) is 11.6 Å². The molecule has 7 nitrogen and oxygen atoms in total. The van der Waals surface area contributed by atoms with E-state index < -0.39 is 17.8 Å². The maximum Gasteiger partial charge on any atom is 0.393 e. The topological polar surface area (TPSA) is 75.7 Å². The summed E-state index contributed by atoms with van der Waals surface area (Å²) >= 11 is 0. The molecular weight excluding hydrogens is 361 g/mol. The SMILES string of the molecule is C#CCCC1(CCC(=O)N(C)Cc2nnc3n2CC(C(F)(F)F)CC3)N=N1. The van der Waals surface area contributed by atoms with E-state index in [-0.39, 0.29) is 38.3 Å². The normalized spacial score (nSPS) is 20.0. The van der Waals surface area contributed by atoms with Gasteiger partial charge in [-0.15, -0.1) is 22.5 Å². The van der Waals surface area contributed by atoms with Crippen LogP contribution < -0.4 is 0 Å². The van der Waals surface area contributed by atoms with Gasteiger partial charge < -0.3 is 9.47 Å². The number of carbonyl (C=O) groups is 1. The van der Waals surface area contributed by atoms with Gasteiger partial charge in [0.2, 0.25) is 5.91 Å². The van der Waals surface area contributed by atoms with Crippen molar-refractivity contribution in [1.82, 2.24) is 19.7 Å². The second-order valence-electron chi connectivity index (χ2n) is 7.06. The highest BCUT2D eigenvalue weighted by atomic mass is 19.4. The molecule has 1 amide bonds. The number of hydrogen-bond donors (Lipinski definition) is 0. The molecule has 1 aromatic heterocycles. The fourth-order valence-electron chi connectivity index (χ4n) is 3.23. The number of amides is 1. The van der Waals surface area contributed by atoms with E-state index in [1.54, 1.807) is 7.05 Å². The van der Waals surface area contributed by atoms with Crippen LogP contribution >= 0.6 is 0 Å². The summed E-state index contributed by atoms with van der Waals surface area (Å²) in [6.45, 7) is -0.0851. The van der Waals surface area contributed by atoms with Gasteiger partial charge in [-0.05, 0) is 6.42 Å². The molecule has 3 rings (SSSR count). The minimum absolute atomic E-state index is 0.0170. The Hall–Kier alpha value is -2.44. The van der Waals surface area contributed by atoms with Crippen molar-refractivity contribution in [2.75, 3.05) is 7.05 Å². The molecule has 3 heterocycles. The van der Waals surface area contributed by atoms with Gasteiger partial charge in [0.25, 0.3) is 0 Å². The van der Waals surface area contributed by atoms with Gasteiger partial charge in [0.05, 0.1) is 12.5 Å². The Morgan fingerprint density at radius 2 is 2.11 bits per heavy atom. The Kier molecular flexibility index (Phi) is 5.22. The number of alkyl halides is 3. The number of hydrogen-bond acceptors (Lipinski definition) is 5. The second kappa shape index (κ2) is 7.29. The quantitative estimate of drug-likeness (QED) is 0.681. The summed E-state index contributed by atoms with van der Waals surface area (Å²) in [6, 6.07) is 0. The van der Waals surface area contributed by atoms with Crippen LogP contribution in [0.2, 0.25) is 0 Å². The largest absolute Gasteiger partial charge is 0.393 e. The number of rotatable bonds is 7. The van der Waals surface area contributed by atoms with E-state index in [0.717, 1.165) is 0 Å². The van der Waals surface area contributed by atoms with Gasteiger partial charge in [-0.25, -0.2) is 0 Å². The van der Waals surface area contributed by atoms with Crippen molar-refractivity contribution in [3.63, 3.8) is 0 Å². The molecular formula is C17H21F3N6O. The van der Waals surface area contributed by atoms with Crippen molar-refractivity contribution < 1.29 is 18.0 Å². The van der Waals surface area contributed by atoms with E-state index in [1.807, 2.05) is 0 Å². The molecule has 0 aromatic carbocycles. The van der Waals surface area contributed by atoms with Crippen molar-refractivity contribution in [1.29, 1.82) is 0 Å². The predicted octanol–water partition coefficient (Wildman–Crippen LogP) is 2.72. The Morgan fingerprint density at radius 1 is 1.37 bits per heavy atom. The van der Waals surface area contributed by atoms with Gasteiger partial charge in [-0.2, -0.15) is 23.4 Å². The zero-order valence-electron chi connectivity index (χ0n) is 15.0. The average Bonchev–Trinajstić information content (AvgIpc) is 3.30. The number of terminal acetylenes is 1. The molecule has 10 heteroatoms. The molecule has 146 valence electrons. The van der Waals surface area contributed by atoms with Crippen LogP contribution in [-0.2, 0) is 24.3 Å². The first kappa shape index (κ1) is 19.3. The standard InChI is InChI=1S/C17H21F3N6O/c1-3-4-8-16(23-24-16)9-7-15(27)25(2)11-14-22-21-13-6-5-12(10-26(13)14)17(18,19)20/h1,12H,4-11H2,2H3. The molecule has 0 fully saturated rings. The zero-order chi connectivity index (χ0) is 19.7. The third-order valence-corrected chi connectivity index (χ3v) is 5.08. The summed E-state index contributed by atoms with van der Waals surface area (Å²) in [5.41, 5.74) is -0.531. The summed E-state index contributed by atoms with van der Waals surface area (Å²) in [6.07, 6.45) is 3.13. The van der Waals surface area contributed by atoms with E-state index in [4.69, 9.17) is 6.42 Å². The lowest BCUT2D eigenvalue weighted by molar-refractivity contribution is -0.182. The van der Waals surface area contributed by atoms with Crippen LogP contribution in [0.1, 0.15) is 43.8 Å². The fraction of sp³-hybridized carbons (Fsp3) is 0.706. The van der Waals surface area contributed by atoms with Gasteiger partial charge in [0.15, 0.2) is 11.5 Å². The predicted molar refractivity (Wildman–Crippen MR) is 89.3 cm³/mol. The second-order valence-corrected chi connectivity index (χ2v) is 7.06. The van der Waals surface area contributed by atoms with Gasteiger partial charge >= 0.3 is 6.18 Å². The first-order valence-electron chi connectivity index (χ1n) is 8.83. The molecule has 27 heavy (non-hydrogen) atoms. The highest BCUT2D eigenvalue weighted by molar-refractivity contribution is 5.75. The maximum atomic E-state index is 13.0. The molecule has 0 spiro atoms. The Bertz CT molecular complexity index is 773. The van der Waals surface area contributed by atoms with Crippen LogP contribution in [-0.4, -0.2) is 44.5 Å². The van der Waals surface area contributed by atoms with Crippen LogP contribution in [0.15, 0.2) is 10.2 Å². The van der Waals surface area contributed by atoms with Crippen molar-refractivity contribution in [3.8, 4) is 12.3 Å². The number of carbonyl (C=O) groups excluding carboxylic acids is 1. The summed E-state index contributed by atoms with van der Waals surface area (Å²) in [4.78, 5) is 13.8. The van der Waals surface area contributed by atoms with Gasteiger partial charge in [-0.3, -0.25) is 4.79 Å². The van der Waals surface area contributed by atoms with Crippen molar-refractivity contribution in [2.45, 2.75) is 63.5 Å². The molecule has 1 atom stereocenters. The number of aryl methyl sites for hydroxylation is 1. The summed E-state index contributed by atoms with van der Waals surface area (Å²) in [5, 5.41) is 16.0. The monoisotopic (exact) mass is 382 g/mol. The minimum atomic E-state index is -4.25. The first-order chi connectivity index (χ1) is 12.7. The van der Waals surface area contributed by atoms with Crippen LogP contribution in [0.4, 0.5) is 13.2 Å². The van der Waals surface area contributed by atoms with E-state index in [9.17, 15) is 18.0 Å². The van der Waals surface area contributed by atoms with E-state index in [2.05, 4.69) is 26.3 Å². The number of halogens is 3. The minimum Gasteiger partial charge on any atom is -0.338 e.